The fraction of sp³-hybridized carbons (Fsp3) is 0.823. The molecule has 0 spiro atoms. The molecular formula is C62H112O6. The Morgan fingerprint density at radius 3 is 0.824 bits per heavy atom. The second-order valence-corrected chi connectivity index (χ2v) is 19.9. The molecule has 0 radical (unpaired) electrons. The van der Waals surface area contributed by atoms with Gasteiger partial charge in [-0.2, -0.15) is 0 Å². The Morgan fingerprint density at radius 2 is 0.529 bits per heavy atom. The van der Waals surface area contributed by atoms with Crippen molar-refractivity contribution in [3.05, 3.63) is 48.6 Å². The Morgan fingerprint density at radius 1 is 0.294 bits per heavy atom. The van der Waals surface area contributed by atoms with Crippen LogP contribution in [-0.4, -0.2) is 37.2 Å². The molecule has 0 heterocycles. The molecule has 0 saturated heterocycles. The zero-order valence-electron chi connectivity index (χ0n) is 45.4. The normalized spacial score (nSPS) is 12.3. The summed E-state index contributed by atoms with van der Waals surface area (Å²) >= 11 is 0. The number of ether oxygens (including phenoxy) is 3. The Hall–Kier alpha value is -2.63. The largest absolute Gasteiger partial charge is 0.462 e. The molecule has 1 unspecified atom stereocenters. The van der Waals surface area contributed by atoms with Crippen molar-refractivity contribution in [1.29, 1.82) is 0 Å². The van der Waals surface area contributed by atoms with Crippen molar-refractivity contribution in [3.63, 3.8) is 0 Å². The lowest BCUT2D eigenvalue weighted by Gasteiger charge is -2.18. The summed E-state index contributed by atoms with van der Waals surface area (Å²) in [5.41, 5.74) is 0. The summed E-state index contributed by atoms with van der Waals surface area (Å²) in [6.07, 6.45) is 69.6. The molecule has 0 aliphatic rings. The minimum absolute atomic E-state index is 0.0748. The van der Waals surface area contributed by atoms with Gasteiger partial charge in [0, 0.05) is 19.3 Å². The van der Waals surface area contributed by atoms with Crippen LogP contribution in [0, 0.1) is 0 Å². The molecule has 0 N–H and O–H groups in total. The molecule has 0 aliphatic carbocycles. The lowest BCUT2D eigenvalue weighted by Crippen LogP contribution is -2.30. The molecule has 0 rings (SSSR count). The molecule has 0 aromatic rings. The molecular weight excluding hydrogens is 841 g/mol. The molecule has 68 heavy (non-hydrogen) atoms. The number of esters is 3. The van der Waals surface area contributed by atoms with E-state index in [1.165, 1.54) is 193 Å². The van der Waals surface area contributed by atoms with Crippen LogP contribution in [-0.2, 0) is 28.6 Å². The second kappa shape index (κ2) is 57.0. The molecule has 0 aromatic carbocycles. The van der Waals surface area contributed by atoms with Crippen LogP contribution in [0.1, 0.15) is 310 Å². The van der Waals surface area contributed by atoms with Gasteiger partial charge in [0.2, 0.25) is 0 Å². The molecule has 1 atom stereocenters. The van der Waals surface area contributed by atoms with Gasteiger partial charge in [0.15, 0.2) is 6.10 Å². The van der Waals surface area contributed by atoms with Crippen molar-refractivity contribution in [3.8, 4) is 0 Å². The van der Waals surface area contributed by atoms with Gasteiger partial charge in [0.25, 0.3) is 0 Å². The topological polar surface area (TPSA) is 78.9 Å². The van der Waals surface area contributed by atoms with Crippen molar-refractivity contribution >= 4 is 17.9 Å². The standard InChI is InChI=1S/C62H112O6/c1-4-7-10-13-16-19-22-24-26-28-30-31-32-34-35-37-40-43-46-49-52-55-61(64)67-58-59(57-66-60(63)54-51-48-45-42-39-21-18-15-12-9-6-3)68-62(65)56-53-50-47-44-41-38-36-33-29-27-25-23-20-17-14-11-8-5-2/h20,22-24,27-30,59H,4-19,21,25-26,31-58H2,1-3H3/b23-20-,24-22-,29-27-,30-28-. The lowest BCUT2D eigenvalue weighted by atomic mass is 10.1. The van der Waals surface area contributed by atoms with Crippen LogP contribution < -0.4 is 0 Å². The van der Waals surface area contributed by atoms with E-state index >= 15 is 0 Å². The number of unbranched alkanes of at least 4 members (excludes halogenated alkanes) is 35. The van der Waals surface area contributed by atoms with Crippen LogP contribution >= 0.6 is 0 Å². The summed E-state index contributed by atoms with van der Waals surface area (Å²) in [5, 5.41) is 0. The summed E-state index contributed by atoms with van der Waals surface area (Å²) in [7, 11) is 0. The maximum absolute atomic E-state index is 12.9. The monoisotopic (exact) mass is 953 g/mol. The zero-order valence-corrected chi connectivity index (χ0v) is 45.4. The van der Waals surface area contributed by atoms with Gasteiger partial charge in [0.1, 0.15) is 13.2 Å². The average molecular weight is 954 g/mol. The SMILES string of the molecule is CCCCCC/C=C\C/C=C\CCCCCCCCCC(=O)OC(COC(=O)CCCCCCCCCCC/C=C\C/C=C\CCCCCCC)COC(=O)CCCCCCCCCCCCC. The fourth-order valence-corrected chi connectivity index (χ4v) is 8.56. The first-order chi connectivity index (χ1) is 33.5. The quantitative estimate of drug-likeness (QED) is 0.0262. The summed E-state index contributed by atoms with van der Waals surface area (Å²) in [4.78, 5) is 38.1. The first-order valence-corrected chi connectivity index (χ1v) is 29.6. The number of carbonyl (C=O) groups is 3. The highest BCUT2D eigenvalue weighted by molar-refractivity contribution is 5.71. The van der Waals surface area contributed by atoms with E-state index in [1.54, 1.807) is 0 Å². The van der Waals surface area contributed by atoms with Gasteiger partial charge in [-0.3, -0.25) is 14.4 Å². The van der Waals surface area contributed by atoms with Crippen molar-refractivity contribution in [2.45, 2.75) is 316 Å². The fourth-order valence-electron chi connectivity index (χ4n) is 8.56. The molecule has 6 heteroatoms. The third-order valence-electron chi connectivity index (χ3n) is 13.1. The van der Waals surface area contributed by atoms with Crippen LogP contribution in [0.3, 0.4) is 0 Å². The summed E-state index contributed by atoms with van der Waals surface area (Å²) in [6, 6.07) is 0. The summed E-state index contributed by atoms with van der Waals surface area (Å²) in [5.74, 6) is -0.873. The summed E-state index contributed by atoms with van der Waals surface area (Å²) in [6.45, 7) is 6.63. The molecule has 0 aliphatic heterocycles. The number of rotatable bonds is 54. The van der Waals surface area contributed by atoms with Gasteiger partial charge < -0.3 is 14.2 Å². The van der Waals surface area contributed by atoms with Crippen molar-refractivity contribution in [1.82, 2.24) is 0 Å². The molecule has 6 nitrogen and oxygen atoms in total. The maximum atomic E-state index is 12.9. The molecule has 0 aromatic heterocycles. The third-order valence-corrected chi connectivity index (χ3v) is 13.1. The van der Waals surface area contributed by atoms with Gasteiger partial charge in [0.05, 0.1) is 0 Å². The van der Waals surface area contributed by atoms with E-state index in [2.05, 4.69) is 69.4 Å². The van der Waals surface area contributed by atoms with E-state index < -0.39 is 6.10 Å². The van der Waals surface area contributed by atoms with Crippen LogP contribution in [0.4, 0.5) is 0 Å². The van der Waals surface area contributed by atoms with E-state index in [9.17, 15) is 14.4 Å². The van der Waals surface area contributed by atoms with Crippen molar-refractivity contribution in [2.75, 3.05) is 13.2 Å². The Balaban J connectivity index is 4.31. The first-order valence-electron chi connectivity index (χ1n) is 29.6. The second-order valence-electron chi connectivity index (χ2n) is 19.9. The van der Waals surface area contributed by atoms with Crippen LogP contribution in [0.2, 0.25) is 0 Å². The van der Waals surface area contributed by atoms with Crippen LogP contribution in [0.5, 0.6) is 0 Å². The van der Waals surface area contributed by atoms with E-state index in [0.29, 0.717) is 19.3 Å². The first kappa shape index (κ1) is 65.4. The smallest absolute Gasteiger partial charge is 0.306 e. The van der Waals surface area contributed by atoms with Crippen LogP contribution in [0.25, 0.3) is 0 Å². The van der Waals surface area contributed by atoms with Crippen molar-refractivity contribution in [2.24, 2.45) is 0 Å². The van der Waals surface area contributed by atoms with Gasteiger partial charge in [-0.05, 0) is 83.5 Å². The van der Waals surface area contributed by atoms with Gasteiger partial charge >= 0.3 is 17.9 Å². The maximum Gasteiger partial charge on any atom is 0.306 e. The van der Waals surface area contributed by atoms with E-state index in [4.69, 9.17) is 14.2 Å². The lowest BCUT2D eigenvalue weighted by molar-refractivity contribution is -0.167. The zero-order chi connectivity index (χ0) is 49.3. The third kappa shape index (κ3) is 54.3. The molecule has 0 fully saturated rings. The Bertz CT molecular complexity index is 1190. The van der Waals surface area contributed by atoms with E-state index in [0.717, 1.165) is 77.0 Å². The Kier molecular flexibility index (Phi) is 54.8. The highest BCUT2D eigenvalue weighted by Crippen LogP contribution is 2.16. The van der Waals surface area contributed by atoms with Crippen LogP contribution in [0.15, 0.2) is 48.6 Å². The van der Waals surface area contributed by atoms with E-state index in [1.807, 2.05) is 0 Å². The number of hydrogen-bond acceptors (Lipinski definition) is 6. The average Bonchev–Trinajstić information content (AvgIpc) is 3.34. The minimum Gasteiger partial charge on any atom is -0.462 e. The Labute approximate surface area is 422 Å². The van der Waals surface area contributed by atoms with Gasteiger partial charge in [-0.25, -0.2) is 0 Å². The predicted molar refractivity (Wildman–Crippen MR) is 293 cm³/mol. The highest BCUT2D eigenvalue weighted by Gasteiger charge is 2.19. The highest BCUT2D eigenvalue weighted by atomic mass is 16.6. The molecule has 0 saturated carbocycles. The minimum atomic E-state index is -0.777. The van der Waals surface area contributed by atoms with Crippen molar-refractivity contribution < 1.29 is 28.6 Å². The van der Waals surface area contributed by atoms with Gasteiger partial charge in [-0.1, -0.05) is 256 Å². The molecule has 396 valence electrons. The summed E-state index contributed by atoms with van der Waals surface area (Å²) < 4.78 is 16.9. The molecule has 0 bridgehead atoms. The van der Waals surface area contributed by atoms with E-state index in [-0.39, 0.29) is 31.1 Å². The number of hydrogen-bond donors (Lipinski definition) is 0. The van der Waals surface area contributed by atoms with Gasteiger partial charge in [-0.15, -0.1) is 0 Å². The number of carbonyl (C=O) groups excluding carboxylic acids is 3. The molecule has 0 amide bonds. The predicted octanol–water partition coefficient (Wildman–Crippen LogP) is 19.8. The number of allylic oxidation sites excluding steroid dienone is 8.